The molecule has 0 saturated heterocycles. The Labute approximate surface area is 111 Å². The smallest absolute Gasteiger partial charge is 0.0860 e. The molecule has 2 aliphatic rings. The Morgan fingerprint density at radius 2 is 1.78 bits per heavy atom. The van der Waals surface area contributed by atoms with Gasteiger partial charge < -0.3 is 5.11 Å². The standard InChI is InChI=1S/C16H27NO/c1-4-13-5-6-16(18,11-13)15(12-17)9-7-14(2,3)8-10-15/h13,18H,4-11H2,1-3H3. The molecule has 1 N–H and O–H groups in total. The van der Waals surface area contributed by atoms with Gasteiger partial charge in [0.2, 0.25) is 0 Å². The highest BCUT2D eigenvalue weighted by atomic mass is 16.3. The Hall–Kier alpha value is -0.550. The van der Waals surface area contributed by atoms with E-state index in [4.69, 9.17) is 0 Å². The summed E-state index contributed by atoms with van der Waals surface area (Å²) in [7, 11) is 0. The predicted octanol–water partition coefficient (Wildman–Crippen LogP) is 4.04. The molecule has 2 rings (SSSR count). The van der Waals surface area contributed by atoms with Crippen molar-refractivity contribution >= 4 is 0 Å². The van der Waals surface area contributed by atoms with Crippen molar-refractivity contribution in [1.29, 1.82) is 5.26 Å². The highest BCUT2D eigenvalue weighted by molar-refractivity contribution is 5.15. The van der Waals surface area contributed by atoms with E-state index in [0.29, 0.717) is 11.3 Å². The van der Waals surface area contributed by atoms with Crippen LogP contribution in [0.1, 0.15) is 72.1 Å². The van der Waals surface area contributed by atoms with Crippen molar-refractivity contribution < 1.29 is 5.11 Å². The maximum atomic E-state index is 11.0. The molecular formula is C16H27NO. The van der Waals surface area contributed by atoms with Gasteiger partial charge >= 0.3 is 0 Å². The molecule has 18 heavy (non-hydrogen) atoms. The van der Waals surface area contributed by atoms with E-state index in [1.165, 1.54) is 0 Å². The van der Waals surface area contributed by atoms with Gasteiger partial charge in [-0.2, -0.15) is 5.26 Å². The maximum absolute atomic E-state index is 11.0. The lowest BCUT2D eigenvalue weighted by molar-refractivity contribution is -0.0825. The fourth-order valence-electron chi connectivity index (χ4n) is 3.94. The van der Waals surface area contributed by atoms with Crippen LogP contribution in [0.4, 0.5) is 0 Å². The van der Waals surface area contributed by atoms with Crippen LogP contribution < -0.4 is 0 Å². The first-order valence-corrected chi connectivity index (χ1v) is 7.50. The average molecular weight is 249 g/mol. The van der Waals surface area contributed by atoms with E-state index in [0.717, 1.165) is 51.4 Å². The molecule has 0 radical (unpaired) electrons. The molecular weight excluding hydrogens is 222 g/mol. The van der Waals surface area contributed by atoms with Crippen LogP contribution in [0.2, 0.25) is 0 Å². The molecule has 0 aromatic rings. The van der Waals surface area contributed by atoms with Gasteiger partial charge in [-0.05, 0) is 56.3 Å². The van der Waals surface area contributed by atoms with E-state index in [2.05, 4.69) is 26.8 Å². The molecule has 0 aliphatic heterocycles. The Bertz CT molecular complexity index is 345. The van der Waals surface area contributed by atoms with E-state index in [1.54, 1.807) is 0 Å². The first kappa shape index (κ1) is 13.9. The van der Waals surface area contributed by atoms with E-state index >= 15 is 0 Å². The summed E-state index contributed by atoms with van der Waals surface area (Å²) in [6, 6.07) is 2.53. The van der Waals surface area contributed by atoms with Crippen LogP contribution in [0, 0.1) is 28.1 Å². The van der Waals surface area contributed by atoms with Gasteiger partial charge in [0.15, 0.2) is 0 Å². The maximum Gasteiger partial charge on any atom is 0.0860 e. The van der Waals surface area contributed by atoms with Crippen molar-refractivity contribution in [2.24, 2.45) is 16.7 Å². The molecule has 0 heterocycles. The van der Waals surface area contributed by atoms with Crippen LogP contribution in [0.15, 0.2) is 0 Å². The summed E-state index contributed by atoms with van der Waals surface area (Å²) >= 11 is 0. The largest absolute Gasteiger partial charge is 0.388 e. The summed E-state index contributed by atoms with van der Waals surface area (Å²) < 4.78 is 0. The SMILES string of the molecule is CCC1CCC(O)(C2(C#N)CCC(C)(C)CC2)C1. The molecule has 0 aromatic heterocycles. The molecule has 2 nitrogen and oxygen atoms in total. The molecule has 0 amide bonds. The molecule has 2 unspecified atom stereocenters. The quantitative estimate of drug-likeness (QED) is 0.802. The minimum Gasteiger partial charge on any atom is -0.388 e. The van der Waals surface area contributed by atoms with E-state index in [-0.39, 0.29) is 0 Å². The van der Waals surface area contributed by atoms with Gasteiger partial charge in [0, 0.05) is 0 Å². The Morgan fingerprint density at radius 1 is 1.17 bits per heavy atom. The van der Waals surface area contributed by atoms with E-state index in [1.807, 2.05) is 0 Å². The predicted molar refractivity (Wildman–Crippen MR) is 72.9 cm³/mol. The van der Waals surface area contributed by atoms with Gasteiger partial charge in [-0.3, -0.25) is 0 Å². The number of hydrogen-bond acceptors (Lipinski definition) is 2. The highest BCUT2D eigenvalue weighted by Gasteiger charge is 2.55. The fraction of sp³-hybridized carbons (Fsp3) is 0.938. The number of nitriles is 1. The van der Waals surface area contributed by atoms with Crippen LogP contribution in [0.25, 0.3) is 0 Å². The van der Waals surface area contributed by atoms with Crippen LogP contribution >= 0.6 is 0 Å². The summed E-state index contributed by atoms with van der Waals surface area (Å²) in [5.41, 5.74) is -0.829. The van der Waals surface area contributed by atoms with Gasteiger partial charge in [-0.1, -0.05) is 27.2 Å². The molecule has 0 spiro atoms. The first-order chi connectivity index (χ1) is 8.36. The van der Waals surface area contributed by atoms with Crippen LogP contribution in [0.5, 0.6) is 0 Å². The Kier molecular flexibility index (Phi) is 3.49. The third kappa shape index (κ3) is 2.18. The molecule has 102 valence electrons. The number of aliphatic hydroxyl groups is 1. The zero-order valence-corrected chi connectivity index (χ0v) is 12.1. The van der Waals surface area contributed by atoms with Crippen LogP contribution in [-0.2, 0) is 0 Å². The molecule has 2 heteroatoms. The lowest BCUT2D eigenvalue weighted by atomic mass is 9.58. The Balaban J connectivity index is 2.17. The van der Waals surface area contributed by atoms with Crippen molar-refractivity contribution in [3.63, 3.8) is 0 Å². The van der Waals surface area contributed by atoms with Crippen molar-refractivity contribution in [1.82, 2.24) is 0 Å². The minimum absolute atomic E-state index is 0.347. The number of hydrogen-bond donors (Lipinski definition) is 1. The van der Waals surface area contributed by atoms with Crippen LogP contribution in [-0.4, -0.2) is 10.7 Å². The fourth-order valence-corrected chi connectivity index (χ4v) is 3.94. The average Bonchev–Trinajstić information content (AvgIpc) is 2.73. The minimum atomic E-state index is -0.709. The molecule has 0 aromatic carbocycles. The third-order valence-corrected chi connectivity index (χ3v) is 5.73. The van der Waals surface area contributed by atoms with E-state index in [9.17, 15) is 10.4 Å². The zero-order valence-electron chi connectivity index (χ0n) is 12.1. The van der Waals surface area contributed by atoms with Crippen molar-refractivity contribution in [2.45, 2.75) is 77.7 Å². The molecule has 2 atom stereocenters. The zero-order chi connectivity index (χ0) is 13.4. The third-order valence-electron chi connectivity index (χ3n) is 5.73. The number of rotatable bonds is 2. The normalized spacial score (nSPS) is 38.3. The van der Waals surface area contributed by atoms with Gasteiger partial charge in [0.05, 0.1) is 17.1 Å². The molecule has 0 bridgehead atoms. The monoisotopic (exact) mass is 249 g/mol. The first-order valence-electron chi connectivity index (χ1n) is 7.50. The lowest BCUT2D eigenvalue weighted by Crippen LogP contribution is -2.48. The Morgan fingerprint density at radius 3 is 2.22 bits per heavy atom. The second kappa shape index (κ2) is 4.53. The topological polar surface area (TPSA) is 44.0 Å². The highest BCUT2D eigenvalue weighted by Crippen LogP contribution is 2.56. The van der Waals surface area contributed by atoms with Crippen molar-refractivity contribution in [3.8, 4) is 6.07 Å². The second-order valence-corrected chi connectivity index (χ2v) is 7.41. The second-order valence-electron chi connectivity index (χ2n) is 7.41. The molecule has 2 aliphatic carbocycles. The van der Waals surface area contributed by atoms with E-state index < -0.39 is 11.0 Å². The summed E-state index contributed by atoms with van der Waals surface area (Å²) in [5.74, 6) is 0.621. The summed E-state index contributed by atoms with van der Waals surface area (Å²) in [4.78, 5) is 0. The summed E-state index contributed by atoms with van der Waals surface area (Å²) in [6.45, 7) is 6.75. The van der Waals surface area contributed by atoms with Gasteiger partial charge in [-0.25, -0.2) is 0 Å². The van der Waals surface area contributed by atoms with Gasteiger partial charge in [-0.15, -0.1) is 0 Å². The van der Waals surface area contributed by atoms with Gasteiger partial charge in [0.1, 0.15) is 0 Å². The molecule has 2 saturated carbocycles. The van der Waals surface area contributed by atoms with Crippen molar-refractivity contribution in [2.75, 3.05) is 0 Å². The van der Waals surface area contributed by atoms with Crippen LogP contribution in [0.3, 0.4) is 0 Å². The number of nitrogens with zero attached hydrogens (tertiary/aromatic N) is 1. The summed E-state index contributed by atoms with van der Waals surface area (Å²) in [6.07, 6.45) is 7.80. The van der Waals surface area contributed by atoms with Gasteiger partial charge in [0.25, 0.3) is 0 Å². The molecule has 2 fully saturated rings. The lowest BCUT2D eigenvalue weighted by Gasteiger charge is -2.47. The van der Waals surface area contributed by atoms with Crippen molar-refractivity contribution in [3.05, 3.63) is 0 Å². The summed E-state index contributed by atoms with van der Waals surface area (Å²) in [5, 5.41) is 20.7.